The summed E-state index contributed by atoms with van der Waals surface area (Å²) >= 11 is 0. The summed E-state index contributed by atoms with van der Waals surface area (Å²) < 4.78 is 5.75. The van der Waals surface area contributed by atoms with Crippen molar-refractivity contribution in [3.8, 4) is 0 Å². The SMILES string of the molecule is CC1(CNC(CN)c2cccnc2)CCCO1. The maximum atomic E-state index is 5.80. The molecule has 94 valence electrons. The van der Waals surface area contributed by atoms with Gasteiger partial charge < -0.3 is 15.8 Å². The molecule has 0 bridgehead atoms. The second-order valence-corrected chi connectivity index (χ2v) is 4.86. The zero-order chi connectivity index (χ0) is 12.1. The molecule has 2 atom stereocenters. The van der Waals surface area contributed by atoms with E-state index in [1.165, 1.54) is 0 Å². The molecule has 2 rings (SSSR count). The minimum atomic E-state index is -0.0321. The third-order valence-corrected chi connectivity index (χ3v) is 3.35. The number of rotatable bonds is 5. The Labute approximate surface area is 103 Å². The third kappa shape index (κ3) is 3.25. The van der Waals surface area contributed by atoms with E-state index in [0.717, 1.165) is 31.6 Å². The van der Waals surface area contributed by atoms with Crippen LogP contribution in [0.1, 0.15) is 31.4 Å². The maximum absolute atomic E-state index is 5.80. The highest BCUT2D eigenvalue weighted by molar-refractivity contribution is 5.14. The van der Waals surface area contributed by atoms with Crippen molar-refractivity contribution >= 4 is 0 Å². The highest BCUT2D eigenvalue weighted by atomic mass is 16.5. The van der Waals surface area contributed by atoms with Gasteiger partial charge in [0.1, 0.15) is 0 Å². The molecule has 0 amide bonds. The Morgan fingerprint density at radius 2 is 2.53 bits per heavy atom. The van der Waals surface area contributed by atoms with Crippen molar-refractivity contribution in [2.45, 2.75) is 31.4 Å². The summed E-state index contributed by atoms with van der Waals surface area (Å²) in [7, 11) is 0. The molecule has 0 aromatic carbocycles. The number of ether oxygens (including phenoxy) is 1. The van der Waals surface area contributed by atoms with E-state index < -0.39 is 0 Å². The molecule has 0 saturated carbocycles. The molecule has 0 spiro atoms. The van der Waals surface area contributed by atoms with Crippen LogP contribution in [0.15, 0.2) is 24.5 Å². The second-order valence-electron chi connectivity index (χ2n) is 4.86. The lowest BCUT2D eigenvalue weighted by atomic mass is 10.0. The number of nitrogens with one attached hydrogen (secondary N) is 1. The standard InChI is InChI=1S/C13H21N3O/c1-13(5-3-7-17-13)10-16-12(8-14)11-4-2-6-15-9-11/h2,4,6,9,12,16H,3,5,7-8,10,14H2,1H3. The summed E-state index contributed by atoms with van der Waals surface area (Å²) in [6.07, 6.45) is 5.91. The average Bonchev–Trinajstić information content (AvgIpc) is 2.79. The average molecular weight is 235 g/mol. The predicted octanol–water partition coefficient (Wildman–Crippen LogP) is 1.24. The van der Waals surface area contributed by atoms with E-state index in [1.54, 1.807) is 6.20 Å². The van der Waals surface area contributed by atoms with Crippen LogP contribution in [-0.4, -0.2) is 30.3 Å². The first-order valence-electron chi connectivity index (χ1n) is 6.21. The van der Waals surface area contributed by atoms with Crippen LogP contribution in [-0.2, 0) is 4.74 Å². The molecule has 1 fully saturated rings. The summed E-state index contributed by atoms with van der Waals surface area (Å²) in [6.45, 7) is 4.44. The fourth-order valence-corrected chi connectivity index (χ4v) is 2.23. The monoisotopic (exact) mass is 235 g/mol. The Morgan fingerprint density at radius 3 is 3.12 bits per heavy atom. The van der Waals surface area contributed by atoms with Crippen LogP contribution in [0.2, 0.25) is 0 Å². The fourth-order valence-electron chi connectivity index (χ4n) is 2.23. The van der Waals surface area contributed by atoms with Gasteiger partial charge >= 0.3 is 0 Å². The summed E-state index contributed by atoms with van der Waals surface area (Å²) in [5.74, 6) is 0. The van der Waals surface area contributed by atoms with Gasteiger partial charge in [-0.3, -0.25) is 4.98 Å². The Hall–Kier alpha value is -0.970. The highest BCUT2D eigenvalue weighted by Crippen LogP contribution is 2.24. The predicted molar refractivity (Wildman–Crippen MR) is 67.6 cm³/mol. The molecule has 4 nitrogen and oxygen atoms in total. The van der Waals surface area contributed by atoms with E-state index in [4.69, 9.17) is 10.5 Å². The molecule has 3 N–H and O–H groups in total. The zero-order valence-electron chi connectivity index (χ0n) is 10.4. The molecule has 17 heavy (non-hydrogen) atoms. The second kappa shape index (κ2) is 5.58. The van der Waals surface area contributed by atoms with E-state index in [2.05, 4.69) is 23.3 Å². The first-order chi connectivity index (χ1) is 8.23. The quantitative estimate of drug-likeness (QED) is 0.806. The molecule has 0 aliphatic carbocycles. The molecular weight excluding hydrogens is 214 g/mol. The highest BCUT2D eigenvalue weighted by Gasteiger charge is 2.30. The number of nitrogens with zero attached hydrogens (tertiary/aromatic N) is 1. The number of hydrogen-bond donors (Lipinski definition) is 2. The van der Waals surface area contributed by atoms with Gasteiger partial charge in [-0.15, -0.1) is 0 Å². The Bertz CT molecular complexity index is 336. The summed E-state index contributed by atoms with van der Waals surface area (Å²) in [5, 5.41) is 3.48. The summed E-state index contributed by atoms with van der Waals surface area (Å²) in [4.78, 5) is 4.12. The molecule has 0 radical (unpaired) electrons. The van der Waals surface area contributed by atoms with Gasteiger partial charge in [0.2, 0.25) is 0 Å². The molecule has 1 saturated heterocycles. The lowest BCUT2D eigenvalue weighted by Crippen LogP contribution is -2.41. The van der Waals surface area contributed by atoms with Crippen LogP contribution in [0.4, 0.5) is 0 Å². The smallest absolute Gasteiger partial charge is 0.0779 e. The van der Waals surface area contributed by atoms with E-state index in [-0.39, 0.29) is 11.6 Å². The van der Waals surface area contributed by atoms with Crippen LogP contribution in [0.3, 0.4) is 0 Å². The van der Waals surface area contributed by atoms with E-state index in [1.807, 2.05) is 12.3 Å². The van der Waals surface area contributed by atoms with Gasteiger partial charge in [-0.2, -0.15) is 0 Å². The number of nitrogens with two attached hydrogens (primary N) is 1. The van der Waals surface area contributed by atoms with Crippen molar-refractivity contribution < 1.29 is 4.74 Å². The van der Waals surface area contributed by atoms with Crippen LogP contribution >= 0.6 is 0 Å². The molecule has 4 heteroatoms. The van der Waals surface area contributed by atoms with Crippen molar-refractivity contribution in [3.05, 3.63) is 30.1 Å². The van der Waals surface area contributed by atoms with E-state index >= 15 is 0 Å². The Morgan fingerprint density at radius 1 is 1.65 bits per heavy atom. The molecule has 1 aromatic rings. The third-order valence-electron chi connectivity index (χ3n) is 3.35. The van der Waals surface area contributed by atoms with Crippen LogP contribution in [0.25, 0.3) is 0 Å². The van der Waals surface area contributed by atoms with Gasteiger partial charge in [0.05, 0.1) is 5.60 Å². The maximum Gasteiger partial charge on any atom is 0.0779 e. The van der Waals surface area contributed by atoms with Crippen molar-refractivity contribution in [3.63, 3.8) is 0 Å². The molecule has 1 aliphatic rings. The van der Waals surface area contributed by atoms with Crippen LogP contribution < -0.4 is 11.1 Å². The van der Waals surface area contributed by atoms with Gasteiger partial charge in [-0.25, -0.2) is 0 Å². The topological polar surface area (TPSA) is 60.2 Å². The minimum absolute atomic E-state index is 0.0321. The van der Waals surface area contributed by atoms with Gasteiger partial charge in [0.25, 0.3) is 0 Å². The van der Waals surface area contributed by atoms with Crippen molar-refractivity contribution in [2.75, 3.05) is 19.7 Å². The number of pyridine rings is 1. The minimum Gasteiger partial charge on any atom is -0.374 e. The van der Waals surface area contributed by atoms with Gasteiger partial charge in [-0.1, -0.05) is 6.07 Å². The summed E-state index contributed by atoms with van der Waals surface area (Å²) in [5.41, 5.74) is 6.91. The normalized spacial score (nSPS) is 26.0. The zero-order valence-corrected chi connectivity index (χ0v) is 10.4. The Balaban J connectivity index is 1.92. The largest absolute Gasteiger partial charge is 0.374 e. The van der Waals surface area contributed by atoms with Gasteiger partial charge in [0, 0.05) is 38.1 Å². The first kappa shape index (κ1) is 12.5. The first-order valence-corrected chi connectivity index (χ1v) is 6.21. The van der Waals surface area contributed by atoms with E-state index in [9.17, 15) is 0 Å². The molecular formula is C13H21N3O. The number of aromatic nitrogens is 1. The van der Waals surface area contributed by atoms with Crippen LogP contribution in [0, 0.1) is 0 Å². The molecule has 1 aliphatic heterocycles. The van der Waals surface area contributed by atoms with Crippen molar-refractivity contribution in [1.29, 1.82) is 0 Å². The van der Waals surface area contributed by atoms with Crippen molar-refractivity contribution in [2.24, 2.45) is 5.73 Å². The summed E-state index contributed by atoms with van der Waals surface area (Å²) in [6, 6.07) is 4.15. The lowest BCUT2D eigenvalue weighted by molar-refractivity contribution is 0.0189. The lowest BCUT2D eigenvalue weighted by Gasteiger charge is -2.27. The molecule has 1 aromatic heterocycles. The fraction of sp³-hybridized carbons (Fsp3) is 0.615. The van der Waals surface area contributed by atoms with E-state index in [0.29, 0.717) is 6.54 Å². The Kier molecular flexibility index (Phi) is 4.10. The molecule has 2 unspecified atom stereocenters. The van der Waals surface area contributed by atoms with Crippen molar-refractivity contribution in [1.82, 2.24) is 10.3 Å². The number of hydrogen-bond acceptors (Lipinski definition) is 4. The van der Waals surface area contributed by atoms with Crippen LogP contribution in [0.5, 0.6) is 0 Å². The van der Waals surface area contributed by atoms with Gasteiger partial charge in [-0.05, 0) is 31.4 Å². The van der Waals surface area contributed by atoms with Gasteiger partial charge in [0.15, 0.2) is 0 Å². The molecule has 2 heterocycles.